The number of rotatable bonds is 7. The van der Waals surface area contributed by atoms with Gasteiger partial charge in [0.05, 0.1) is 17.6 Å². The quantitative estimate of drug-likeness (QED) is 0.574. The summed E-state index contributed by atoms with van der Waals surface area (Å²) in [4.78, 5) is 12.1. The molecule has 2 aromatic carbocycles. The molecule has 1 aliphatic rings. The van der Waals surface area contributed by atoms with E-state index in [9.17, 15) is 24.0 Å². The topological polar surface area (TPSA) is 85.1 Å². The smallest absolute Gasteiger partial charge is 0.269 e. The third-order valence-corrected chi connectivity index (χ3v) is 4.42. The van der Waals surface area contributed by atoms with Gasteiger partial charge in [0.1, 0.15) is 18.5 Å². The van der Waals surface area contributed by atoms with Gasteiger partial charge in [0.2, 0.25) is 0 Å². The zero-order valence-electron chi connectivity index (χ0n) is 15.0. The second-order valence-electron chi connectivity index (χ2n) is 6.51. The van der Waals surface area contributed by atoms with Crippen molar-refractivity contribution in [3.05, 3.63) is 69.8 Å². The first kappa shape index (κ1) is 20.1. The molecule has 150 valence electrons. The fourth-order valence-electron chi connectivity index (χ4n) is 2.99. The summed E-state index contributed by atoms with van der Waals surface area (Å²) in [6.45, 7) is 1.76. The number of aliphatic hydroxyl groups is 1. The van der Waals surface area contributed by atoms with Crippen LogP contribution in [0.3, 0.4) is 0 Å². The van der Waals surface area contributed by atoms with Crippen LogP contribution in [0.2, 0.25) is 0 Å². The normalized spacial score (nSPS) is 18.6. The van der Waals surface area contributed by atoms with Gasteiger partial charge in [-0.05, 0) is 29.8 Å². The number of hydrogen-bond acceptors (Lipinski definition) is 6. The van der Waals surface area contributed by atoms with Gasteiger partial charge in [-0.25, -0.2) is 8.78 Å². The molecule has 7 nitrogen and oxygen atoms in total. The highest BCUT2D eigenvalue weighted by Crippen LogP contribution is 2.24. The molecule has 2 atom stereocenters. The van der Waals surface area contributed by atoms with Crippen LogP contribution in [0.15, 0.2) is 42.5 Å². The average molecular weight is 394 g/mol. The SMILES string of the molecule is O=[N+]([O-])c1ccc(OCC(O)CN2CCOC(c3ccc(F)c(F)c3)C2)cc1. The van der Waals surface area contributed by atoms with Crippen molar-refractivity contribution in [2.45, 2.75) is 12.2 Å². The molecule has 9 heteroatoms. The number of non-ortho nitro benzene ring substituents is 1. The van der Waals surface area contributed by atoms with Crippen LogP contribution in [0.5, 0.6) is 5.75 Å². The molecule has 0 aliphatic carbocycles. The lowest BCUT2D eigenvalue weighted by Crippen LogP contribution is -2.43. The molecule has 28 heavy (non-hydrogen) atoms. The molecule has 1 heterocycles. The monoisotopic (exact) mass is 394 g/mol. The minimum atomic E-state index is -0.922. The van der Waals surface area contributed by atoms with Crippen molar-refractivity contribution in [3.63, 3.8) is 0 Å². The van der Waals surface area contributed by atoms with E-state index in [1.54, 1.807) is 0 Å². The number of benzene rings is 2. The van der Waals surface area contributed by atoms with Crippen molar-refractivity contribution >= 4 is 5.69 Å². The zero-order valence-corrected chi connectivity index (χ0v) is 15.0. The number of aliphatic hydroxyl groups excluding tert-OH is 1. The lowest BCUT2D eigenvalue weighted by Gasteiger charge is -2.34. The summed E-state index contributed by atoms with van der Waals surface area (Å²) in [6, 6.07) is 9.28. The minimum Gasteiger partial charge on any atom is -0.491 e. The molecule has 1 saturated heterocycles. The molecule has 2 unspecified atom stereocenters. The molecular weight excluding hydrogens is 374 g/mol. The average Bonchev–Trinajstić information content (AvgIpc) is 2.69. The van der Waals surface area contributed by atoms with Crippen molar-refractivity contribution < 1.29 is 28.3 Å². The van der Waals surface area contributed by atoms with Crippen LogP contribution in [0, 0.1) is 21.7 Å². The number of β-amino-alcohol motifs (C(OH)–C–C–N with tert-alkyl or cyclic N) is 1. The standard InChI is InChI=1S/C19H20F2N2O5/c20-17-6-1-13(9-18(17)21)19-11-22(7-8-27-19)10-15(24)12-28-16-4-2-14(3-5-16)23(25)26/h1-6,9,15,19,24H,7-8,10-12H2. The summed E-state index contributed by atoms with van der Waals surface area (Å²) in [5.74, 6) is -1.41. The molecule has 1 aliphatic heterocycles. The van der Waals surface area contributed by atoms with E-state index in [0.717, 1.165) is 12.1 Å². The van der Waals surface area contributed by atoms with Gasteiger partial charge in [-0.1, -0.05) is 6.07 Å². The first-order chi connectivity index (χ1) is 13.4. The Morgan fingerprint density at radius 1 is 1.25 bits per heavy atom. The Morgan fingerprint density at radius 3 is 2.68 bits per heavy atom. The third kappa shape index (κ3) is 5.22. The second-order valence-corrected chi connectivity index (χ2v) is 6.51. The summed E-state index contributed by atoms with van der Waals surface area (Å²) in [6.07, 6.45) is -1.20. The van der Waals surface area contributed by atoms with Crippen LogP contribution in [0.4, 0.5) is 14.5 Å². The lowest BCUT2D eigenvalue weighted by molar-refractivity contribution is -0.384. The third-order valence-electron chi connectivity index (χ3n) is 4.42. The van der Waals surface area contributed by atoms with E-state index in [0.29, 0.717) is 37.6 Å². The van der Waals surface area contributed by atoms with Crippen molar-refractivity contribution in [2.75, 3.05) is 32.8 Å². The predicted molar refractivity (Wildman–Crippen MR) is 96.1 cm³/mol. The fraction of sp³-hybridized carbons (Fsp3) is 0.368. The Bertz CT molecular complexity index is 818. The summed E-state index contributed by atoms with van der Waals surface area (Å²) >= 11 is 0. The summed E-state index contributed by atoms with van der Waals surface area (Å²) < 4.78 is 37.6. The van der Waals surface area contributed by atoms with E-state index in [4.69, 9.17) is 9.47 Å². The highest BCUT2D eigenvalue weighted by Gasteiger charge is 2.24. The van der Waals surface area contributed by atoms with Gasteiger partial charge in [0.15, 0.2) is 11.6 Å². The van der Waals surface area contributed by atoms with E-state index in [1.165, 1.54) is 30.3 Å². The van der Waals surface area contributed by atoms with E-state index >= 15 is 0 Å². The second kappa shape index (κ2) is 9.05. The Kier molecular flexibility index (Phi) is 6.50. The Hall–Kier alpha value is -2.62. The molecule has 0 radical (unpaired) electrons. The number of halogens is 2. The first-order valence-corrected chi connectivity index (χ1v) is 8.76. The zero-order chi connectivity index (χ0) is 20.1. The highest BCUT2D eigenvalue weighted by atomic mass is 19.2. The van der Waals surface area contributed by atoms with Gasteiger partial charge in [0, 0.05) is 31.8 Å². The maximum atomic E-state index is 13.4. The summed E-state index contributed by atoms with van der Waals surface area (Å²) in [5.41, 5.74) is 0.504. The number of nitro benzene ring substituents is 1. The fourth-order valence-corrected chi connectivity index (χ4v) is 2.99. The molecular formula is C19H20F2N2O5. The van der Waals surface area contributed by atoms with Gasteiger partial charge in [-0.2, -0.15) is 0 Å². The maximum absolute atomic E-state index is 13.4. The van der Waals surface area contributed by atoms with Gasteiger partial charge in [-0.15, -0.1) is 0 Å². The van der Waals surface area contributed by atoms with Crippen LogP contribution >= 0.6 is 0 Å². The van der Waals surface area contributed by atoms with Crippen LogP contribution in [0.25, 0.3) is 0 Å². The summed E-state index contributed by atoms with van der Waals surface area (Å²) in [5, 5.41) is 20.9. The minimum absolute atomic E-state index is 0.0189. The largest absolute Gasteiger partial charge is 0.491 e. The van der Waals surface area contributed by atoms with Crippen LogP contribution < -0.4 is 4.74 Å². The highest BCUT2D eigenvalue weighted by molar-refractivity contribution is 5.35. The number of nitro groups is 1. The number of ether oxygens (including phenoxy) is 2. The molecule has 3 rings (SSSR count). The molecule has 1 N–H and O–H groups in total. The van der Waals surface area contributed by atoms with E-state index in [1.807, 2.05) is 4.90 Å². The van der Waals surface area contributed by atoms with Gasteiger partial charge in [0.25, 0.3) is 5.69 Å². The molecule has 0 amide bonds. The Labute approximate surface area is 160 Å². The van der Waals surface area contributed by atoms with Crippen LogP contribution in [-0.2, 0) is 4.74 Å². The summed E-state index contributed by atoms with van der Waals surface area (Å²) in [7, 11) is 0. The molecule has 0 bridgehead atoms. The molecule has 1 fully saturated rings. The number of hydrogen-bond donors (Lipinski definition) is 1. The number of morpholine rings is 1. The van der Waals surface area contributed by atoms with E-state index in [2.05, 4.69) is 0 Å². The van der Waals surface area contributed by atoms with Crippen LogP contribution in [0.1, 0.15) is 11.7 Å². The van der Waals surface area contributed by atoms with Crippen LogP contribution in [-0.4, -0.2) is 53.9 Å². The van der Waals surface area contributed by atoms with E-state index in [-0.39, 0.29) is 12.3 Å². The first-order valence-electron chi connectivity index (χ1n) is 8.76. The van der Waals surface area contributed by atoms with Crippen molar-refractivity contribution in [1.29, 1.82) is 0 Å². The van der Waals surface area contributed by atoms with E-state index < -0.39 is 28.8 Å². The predicted octanol–water partition coefficient (Wildman–Crippen LogP) is 2.69. The Morgan fingerprint density at radius 2 is 2.00 bits per heavy atom. The van der Waals surface area contributed by atoms with Gasteiger partial charge >= 0.3 is 0 Å². The lowest BCUT2D eigenvalue weighted by atomic mass is 10.1. The van der Waals surface area contributed by atoms with Crippen molar-refractivity contribution in [2.24, 2.45) is 0 Å². The molecule has 0 saturated carbocycles. The number of nitrogens with zero attached hydrogens (tertiary/aromatic N) is 2. The van der Waals surface area contributed by atoms with Gasteiger partial charge in [-0.3, -0.25) is 15.0 Å². The Balaban J connectivity index is 1.50. The molecule has 2 aromatic rings. The van der Waals surface area contributed by atoms with Crippen molar-refractivity contribution in [3.8, 4) is 5.75 Å². The molecule has 0 spiro atoms. The maximum Gasteiger partial charge on any atom is 0.269 e. The van der Waals surface area contributed by atoms with Gasteiger partial charge < -0.3 is 14.6 Å². The van der Waals surface area contributed by atoms with Crippen molar-refractivity contribution in [1.82, 2.24) is 4.90 Å². The molecule has 0 aromatic heterocycles.